The third-order valence-corrected chi connectivity index (χ3v) is 6.83. The van der Waals surface area contributed by atoms with Gasteiger partial charge in [-0.2, -0.15) is 5.10 Å². The van der Waals surface area contributed by atoms with Crippen molar-refractivity contribution >= 4 is 45.3 Å². The SMILES string of the molecule is CCOc1ccc(N(CC(=O)N/N=C/c2ccc(OCC(N)=O)cc2)S(=O)(=O)c2ccc(Cl)cc2)cc1. The summed E-state index contributed by atoms with van der Waals surface area (Å²) in [4.78, 5) is 23.4. The van der Waals surface area contributed by atoms with Crippen LogP contribution >= 0.6 is 11.6 Å². The van der Waals surface area contributed by atoms with Crippen molar-refractivity contribution in [2.24, 2.45) is 10.8 Å². The Labute approximate surface area is 219 Å². The maximum Gasteiger partial charge on any atom is 0.264 e. The standard InChI is InChI=1S/C25H25ClN4O6S/c1-2-35-21-11-7-20(8-12-21)30(37(33,34)23-13-5-19(26)6-14-23)16-25(32)29-28-15-18-3-9-22(10-4-18)36-17-24(27)31/h3-15H,2,16-17H2,1H3,(H2,27,31)(H,29,32)/b28-15+. The predicted molar refractivity (Wildman–Crippen MR) is 140 cm³/mol. The zero-order valence-electron chi connectivity index (χ0n) is 19.8. The molecule has 0 aliphatic carbocycles. The lowest BCUT2D eigenvalue weighted by molar-refractivity contribution is -0.120. The van der Waals surface area contributed by atoms with Crippen LogP contribution in [0.4, 0.5) is 5.69 Å². The number of benzene rings is 3. The van der Waals surface area contributed by atoms with Crippen molar-refractivity contribution in [1.29, 1.82) is 0 Å². The fourth-order valence-electron chi connectivity index (χ4n) is 3.07. The zero-order chi connectivity index (χ0) is 26.8. The number of ether oxygens (including phenoxy) is 2. The average Bonchev–Trinajstić information content (AvgIpc) is 2.88. The molecule has 3 rings (SSSR count). The molecule has 12 heteroatoms. The lowest BCUT2D eigenvalue weighted by atomic mass is 10.2. The quantitative estimate of drug-likeness (QED) is 0.265. The lowest BCUT2D eigenvalue weighted by Crippen LogP contribution is -2.39. The van der Waals surface area contributed by atoms with E-state index in [9.17, 15) is 18.0 Å². The van der Waals surface area contributed by atoms with Crippen LogP contribution in [0.15, 0.2) is 82.8 Å². The highest BCUT2D eigenvalue weighted by molar-refractivity contribution is 7.92. The first kappa shape index (κ1) is 27.5. The van der Waals surface area contributed by atoms with Gasteiger partial charge in [0, 0.05) is 5.02 Å². The van der Waals surface area contributed by atoms with Gasteiger partial charge in [-0.25, -0.2) is 13.8 Å². The number of nitrogens with zero attached hydrogens (tertiary/aromatic N) is 2. The summed E-state index contributed by atoms with van der Waals surface area (Å²) in [6, 6.07) is 18.5. The number of nitrogens with one attached hydrogen (secondary N) is 1. The van der Waals surface area contributed by atoms with Gasteiger partial charge >= 0.3 is 0 Å². The average molecular weight is 545 g/mol. The third kappa shape index (κ3) is 7.95. The molecule has 0 fully saturated rings. The Hall–Kier alpha value is -4.09. The minimum Gasteiger partial charge on any atom is -0.494 e. The number of nitrogens with two attached hydrogens (primary N) is 1. The molecular formula is C25H25ClN4O6S. The number of anilines is 1. The molecule has 0 atom stereocenters. The first-order chi connectivity index (χ1) is 17.7. The van der Waals surface area contributed by atoms with E-state index in [1.807, 2.05) is 6.92 Å². The lowest BCUT2D eigenvalue weighted by Gasteiger charge is -2.24. The minimum atomic E-state index is -4.11. The van der Waals surface area contributed by atoms with Gasteiger partial charge in [-0.15, -0.1) is 0 Å². The first-order valence-electron chi connectivity index (χ1n) is 11.0. The number of amides is 2. The molecule has 0 aliphatic rings. The van der Waals surface area contributed by atoms with Gasteiger partial charge in [0.2, 0.25) is 0 Å². The highest BCUT2D eigenvalue weighted by atomic mass is 35.5. The Bertz CT molecular complexity index is 1350. The second-order valence-electron chi connectivity index (χ2n) is 7.51. The molecule has 0 saturated heterocycles. The summed E-state index contributed by atoms with van der Waals surface area (Å²) in [5.74, 6) is -0.247. The van der Waals surface area contributed by atoms with E-state index < -0.39 is 28.4 Å². The molecular weight excluding hydrogens is 520 g/mol. The van der Waals surface area contributed by atoms with E-state index in [-0.39, 0.29) is 17.2 Å². The molecule has 0 heterocycles. The molecule has 194 valence electrons. The summed E-state index contributed by atoms with van der Waals surface area (Å²) in [6.07, 6.45) is 1.38. The Morgan fingerprint density at radius 3 is 2.16 bits per heavy atom. The number of halogens is 1. The number of carbonyl (C=O) groups excluding carboxylic acids is 2. The second kappa shape index (κ2) is 12.7. The summed E-state index contributed by atoms with van der Waals surface area (Å²) in [5.41, 5.74) is 8.28. The highest BCUT2D eigenvalue weighted by Crippen LogP contribution is 2.26. The van der Waals surface area contributed by atoms with Crippen molar-refractivity contribution in [2.75, 3.05) is 24.1 Å². The van der Waals surface area contributed by atoms with Crippen LogP contribution in [0.3, 0.4) is 0 Å². The van der Waals surface area contributed by atoms with E-state index in [1.165, 1.54) is 30.5 Å². The van der Waals surface area contributed by atoms with Crippen molar-refractivity contribution in [1.82, 2.24) is 5.43 Å². The molecule has 0 unspecified atom stereocenters. The summed E-state index contributed by atoms with van der Waals surface area (Å²) in [5, 5.41) is 4.28. The topological polar surface area (TPSA) is 140 Å². The molecule has 0 aromatic heterocycles. The number of hydrogen-bond donors (Lipinski definition) is 2. The summed E-state index contributed by atoms with van der Waals surface area (Å²) in [7, 11) is -4.11. The summed E-state index contributed by atoms with van der Waals surface area (Å²) >= 11 is 5.91. The zero-order valence-corrected chi connectivity index (χ0v) is 21.4. The van der Waals surface area contributed by atoms with E-state index in [2.05, 4.69) is 10.5 Å². The van der Waals surface area contributed by atoms with E-state index in [0.717, 1.165) is 4.31 Å². The van der Waals surface area contributed by atoms with Crippen molar-refractivity contribution in [2.45, 2.75) is 11.8 Å². The highest BCUT2D eigenvalue weighted by Gasteiger charge is 2.27. The van der Waals surface area contributed by atoms with Gasteiger partial charge in [0.1, 0.15) is 18.0 Å². The predicted octanol–water partition coefficient (Wildman–Crippen LogP) is 2.95. The van der Waals surface area contributed by atoms with Gasteiger partial charge in [-0.3, -0.25) is 13.9 Å². The number of carbonyl (C=O) groups is 2. The molecule has 3 aromatic rings. The van der Waals surface area contributed by atoms with Gasteiger partial charge in [0.15, 0.2) is 6.61 Å². The Balaban J connectivity index is 1.75. The second-order valence-corrected chi connectivity index (χ2v) is 9.81. The minimum absolute atomic E-state index is 0.0271. The van der Waals surface area contributed by atoms with Crippen LogP contribution in [0.25, 0.3) is 0 Å². The van der Waals surface area contributed by atoms with Gasteiger partial charge in [-0.05, 0) is 85.3 Å². The van der Waals surface area contributed by atoms with E-state index in [1.54, 1.807) is 48.5 Å². The maximum absolute atomic E-state index is 13.4. The van der Waals surface area contributed by atoms with E-state index in [0.29, 0.717) is 28.7 Å². The third-order valence-electron chi connectivity index (χ3n) is 4.79. The number of sulfonamides is 1. The van der Waals surface area contributed by atoms with Crippen LogP contribution in [-0.2, 0) is 19.6 Å². The van der Waals surface area contributed by atoms with Crippen molar-refractivity contribution < 1.29 is 27.5 Å². The molecule has 0 aliphatic heterocycles. The summed E-state index contributed by atoms with van der Waals surface area (Å²) in [6.45, 7) is 1.52. The maximum atomic E-state index is 13.4. The van der Waals surface area contributed by atoms with Crippen molar-refractivity contribution in [3.8, 4) is 11.5 Å². The first-order valence-corrected chi connectivity index (χ1v) is 12.8. The van der Waals surface area contributed by atoms with Crippen LogP contribution in [-0.4, -0.2) is 46.2 Å². The molecule has 0 spiro atoms. The number of hydrogen-bond acceptors (Lipinski definition) is 7. The largest absolute Gasteiger partial charge is 0.494 e. The number of hydrazone groups is 1. The van der Waals surface area contributed by atoms with Crippen LogP contribution in [0, 0.1) is 0 Å². The van der Waals surface area contributed by atoms with Crippen LogP contribution in [0.1, 0.15) is 12.5 Å². The Morgan fingerprint density at radius 2 is 1.57 bits per heavy atom. The Kier molecular flexibility index (Phi) is 9.47. The normalized spacial score (nSPS) is 11.2. The monoisotopic (exact) mass is 544 g/mol. The fourth-order valence-corrected chi connectivity index (χ4v) is 4.62. The molecule has 2 amide bonds. The molecule has 0 bridgehead atoms. The van der Waals surface area contributed by atoms with E-state index >= 15 is 0 Å². The Morgan fingerprint density at radius 1 is 0.973 bits per heavy atom. The molecule has 3 N–H and O–H groups in total. The van der Waals surface area contributed by atoms with E-state index in [4.69, 9.17) is 26.8 Å². The van der Waals surface area contributed by atoms with Crippen LogP contribution in [0.2, 0.25) is 5.02 Å². The molecule has 37 heavy (non-hydrogen) atoms. The summed E-state index contributed by atoms with van der Waals surface area (Å²) < 4.78 is 38.4. The van der Waals surface area contributed by atoms with Crippen LogP contribution in [0.5, 0.6) is 11.5 Å². The number of rotatable bonds is 12. The van der Waals surface area contributed by atoms with Crippen molar-refractivity contribution in [3.63, 3.8) is 0 Å². The number of primary amides is 1. The van der Waals surface area contributed by atoms with Gasteiger partial charge in [-0.1, -0.05) is 11.6 Å². The molecule has 0 radical (unpaired) electrons. The van der Waals surface area contributed by atoms with Crippen molar-refractivity contribution in [3.05, 3.63) is 83.4 Å². The van der Waals surface area contributed by atoms with Gasteiger partial charge in [0.05, 0.1) is 23.4 Å². The molecule has 10 nitrogen and oxygen atoms in total. The van der Waals surface area contributed by atoms with Gasteiger partial charge in [0.25, 0.3) is 21.8 Å². The van der Waals surface area contributed by atoms with Gasteiger partial charge < -0.3 is 15.2 Å². The molecule has 0 saturated carbocycles. The fraction of sp³-hybridized carbons (Fsp3) is 0.160. The van der Waals surface area contributed by atoms with Crippen LogP contribution < -0.4 is 24.9 Å². The smallest absolute Gasteiger partial charge is 0.264 e. The molecule has 3 aromatic carbocycles.